The van der Waals surface area contributed by atoms with E-state index in [-0.39, 0.29) is 24.1 Å². The average molecular weight is 308 g/mol. The van der Waals surface area contributed by atoms with Crippen molar-refractivity contribution < 1.29 is 18.0 Å². The molecular weight excluding hydrogens is 291 g/mol. The molecule has 1 aromatic carbocycles. The minimum absolute atomic E-state index is 0. The maximum atomic E-state index is 12.6. The molecule has 1 aliphatic rings. The van der Waals surface area contributed by atoms with E-state index in [1.54, 1.807) is 0 Å². The quantitative estimate of drug-likeness (QED) is 0.834. The Hall–Kier alpha value is -1.07. The first-order valence-electron chi connectivity index (χ1n) is 6.18. The van der Waals surface area contributed by atoms with E-state index in [0.717, 1.165) is 12.1 Å². The van der Waals surface area contributed by atoms with Gasteiger partial charge >= 0.3 is 6.18 Å². The number of hydrogen-bond donors (Lipinski definition) is 0. The van der Waals surface area contributed by atoms with Crippen LogP contribution in [-0.2, 0) is 12.6 Å². The fourth-order valence-corrected chi connectivity index (χ4v) is 2.51. The van der Waals surface area contributed by atoms with Crippen LogP contribution in [-0.4, -0.2) is 31.3 Å². The Morgan fingerprint density at radius 1 is 1.30 bits per heavy atom. The van der Waals surface area contributed by atoms with E-state index < -0.39 is 11.7 Å². The number of nitrogens with zero attached hydrogens (tertiary/aromatic N) is 1. The van der Waals surface area contributed by atoms with Crippen molar-refractivity contribution in [3.63, 3.8) is 0 Å². The second-order valence-electron chi connectivity index (χ2n) is 5.23. The smallest absolute Gasteiger partial charge is 0.309 e. The maximum Gasteiger partial charge on any atom is 0.416 e. The molecule has 0 saturated heterocycles. The summed E-state index contributed by atoms with van der Waals surface area (Å²) in [6.45, 7) is 0.638. The third-order valence-corrected chi connectivity index (χ3v) is 3.42. The van der Waals surface area contributed by atoms with Crippen LogP contribution in [0.5, 0.6) is 0 Å². The lowest BCUT2D eigenvalue weighted by Crippen LogP contribution is -2.32. The lowest BCUT2D eigenvalue weighted by atomic mass is 9.82. The molecule has 1 aliphatic carbocycles. The largest absolute Gasteiger partial charge is 0.416 e. The molecule has 6 heteroatoms. The van der Waals surface area contributed by atoms with Crippen molar-refractivity contribution in [2.75, 3.05) is 20.6 Å². The van der Waals surface area contributed by atoms with E-state index in [0.29, 0.717) is 30.5 Å². The Morgan fingerprint density at radius 3 is 2.50 bits per heavy atom. The van der Waals surface area contributed by atoms with Crippen molar-refractivity contribution in [1.82, 2.24) is 4.90 Å². The Morgan fingerprint density at radius 2 is 1.95 bits per heavy atom. The molecule has 2 rings (SSSR count). The normalized spacial score (nSPS) is 18.7. The van der Waals surface area contributed by atoms with Crippen molar-refractivity contribution in [3.05, 3.63) is 34.9 Å². The Kier molecular flexibility index (Phi) is 5.21. The highest BCUT2D eigenvalue weighted by atomic mass is 35.5. The van der Waals surface area contributed by atoms with Crippen LogP contribution < -0.4 is 0 Å². The predicted molar refractivity (Wildman–Crippen MR) is 73.4 cm³/mol. The highest BCUT2D eigenvalue weighted by Crippen LogP contribution is 2.33. The number of hydrogen-bond acceptors (Lipinski definition) is 2. The van der Waals surface area contributed by atoms with Crippen molar-refractivity contribution in [1.29, 1.82) is 0 Å². The van der Waals surface area contributed by atoms with Gasteiger partial charge in [-0.05, 0) is 44.6 Å². The number of halogens is 4. The molecule has 0 saturated carbocycles. The zero-order valence-electron chi connectivity index (χ0n) is 11.3. The minimum Gasteiger partial charge on any atom is -0.309 e. The van der Waals surface area contributed by atoms with Gasteiger partial charge in [0.1, 0.15) is 0 Å². The van der Waals surface area contributed by atoms with Gasteiger partial charge in [0.25, 0.3) is 0 Å². The number of aryl methyl sites for hydroxylation is 1. The summed E-state index contributed by atoms with van der Waals surface area (Å²) in [5.74, 6) is -0.150. The molecule has 0 amide bonds. The number of Topliss-reactive ketones (excluding diaryl/α,β-unsaturated/α-hetero) is 1. The molecule has 112 valence electrons. The van der Waals surface area contributed by atoms with Crippen molar-refractivity contribution >= 4 is 18.2 Å². The van der Waals surface area contributed by atoms with Crippen LogP contribution in [0.2, 0.25) is 0 Å². The van der Waals surface area contributed by atoms with Crippen molar-refractivity contribution in [2.45, 2.75) is 19.0 Å². The lowest BCUT2D eigenvalue weighted by molar-refractivity contribution is -0.137. The molecule has 0 aliphatic heterocycles. The second-order valence-corrected chi connectivity index (χ2v) is 5.23. The van der Waals surface area contributed by atoms with E-state index in [1.165, 1.54) is 6.07 Å². The average Bonchev–Trinajstić information content (AvgIpc) is 2.31. The summed E-state index contributed by atoms with van der Waals surface area (Å²) in [6.07, 6.45) is -3.20. The Bertz CT molecular complexity index is 500. The topological polar surface area (TPSA) is 20.3 Å². The molecule has 0 spiro atoms. The molecule has 0 aromatic heterocycles. The number of fused-ring (bicyclic) bond motifs is 1. The molecule has 0 heterocycles. The van der Waals surface area contributed by atoms with Crippen LogP contribution in [0.15, 0.2) is 18.2 Å². The summed E-state index contributed by atoms with van der Waals surface area (Å²) in [5, 5.41) is 0. The van der Waals surface area contributed by atoms with E-state index in [4.69, 9.17) is 0 Å². The fourth-order valence-electron chi connectivity index (χ4n) is 2.51. The number of carbonyl (C=O) groups excluding carboxylic acids is 1. The van der Waals surface area contributed by atoms with Crippen molar-refractivity contribution in [3.8, 4) is 0 Å². The van der Waals surface area contributed by atoms with Crippen LogP contribution in [0.1, 0.15) is 27.9 Å². The van der Waals surface area contributed by atoms with Gasteiger partial charge in [0, 0.05) is 18.0 Å². The van der Waals surface area contributed by atoms with Crippen LogP contribution in [0.25, 0.3) is 0 Å². The third-order valence-electron chi connectivity index (χ3n) is 3.42. The van der Waals surface area contributed by atoms with E-state index >= 15 is 0 Å². The molecule has 1 aromatic rings. The van der Waals surface area contributed by atoms with Gasteiger partial charge in [-0.2, -0.15) is 13.2 Å². The highest BCUT2D eigenvalue weighted by Gasteiger charge is 2.33. The molecular formula is C14H17ClF3NO. The van der Waals surface area contributed by atoms with E-state index in [1.807, 2.05) is 19.0 Å². The standard InChI is InChI=1S/C14H16F3NO.ClH/c1-18(2)8-10-4-3-9-7-11(14(15,16)17)5-6-12(9)13(10)19;/h5-7,10H,3-4,8H2,1-2H3;1H. The monoisotopic (exact) mass is 307 g/mol. The Balaban J connectivity index is 0.00000200. The minimum atomic E-state index is -4.35. The zero-order valence-corrected chi connectivity index (χ0v) is 12.1. The van der Waals surface area contributed by atoms with Crippen molar-refractivity contribution in [2.24, 2.45) is 5.92 Å². The number of benzene rings is 1. The lowest BCUT2D eigenvalue weighted by Gasteiger charge is -2.26. The van der Waals surface area contributed by atoms with Gasteiger partial charge in [-0.25, -0.2) is 0 Å². The molecule has 2 nitrogen and oxygen atoms in total. The third kappa shape index (κ3) is 3.52. The van der Waals surface area contributed by atoms with Crippen LogP contribution >= 0.6 is 12.4 Å². The van der Waals surface area contributed by atoms with E-state index in [9.17, 15) is 18.0 Å². The van der Waals surface area contributed by atoms with E-state index in [2.05, 4.69) is 0 Å². The second kappa shape index (κ2) is 6.14. The number of alkyl halides is 3. The van der Waals surface area contributed by atoms with Crippen LogP contribution in [0.4, 0.5) is 13.2 Å². The summed E-state index contributed by atoms with van der Waals surface area (Å²) >= 11 is 0. The van der Waals surface area contributed by atoms with Crippen LogP contribution in [0, 0.1) is 5.92 Å². The molecule has 1 atom stereocenters. The predicted octanol–water partition coefficient (Wildman–Crippen LogP) is 3.43. The molecule has 1 unspecified atom stereocenters. The van der Waals surface area contributed by atoms with Gasteiger partial charge in [0.2, 0.25) is 0 Å². The van der Waals surface area contributed by atoms with Gasteiger partial charge < -0.3 is 4.90 Å². The number of ketones is 1. The zero-order chi connectivity index (χ0) is 14.2. The number of carbonyl (C=O) groups is 1. The molecule has 0 radical (unpaired) electrons. The first-order valence-corrected chi connectivity index (χ1v) is 6.18. The summed E-state index contributed by atoms with van der Waals surface area (Å²) in [6, 6.07) is 3.43. The van der Waals surface area contributed by atoms with Gasteiger partial charge in [-0.1, -0.05) is 6.07 Å². The number of rotatable bonds is 2. The molecule has 20 heavy (non-hydrogen) atoms. The van der Waals surface area contributed by atoms with Gasteiger partial charge in [0.05, 0.1) is 5.56 Å². The summed E-state index contributed by atoms with van der Waals surface area (Å²) in [4.78, 5) is 14.1. The fraction of sp³-hybridized carbons (Fsp3) is 0.500. The molecule has 0 fully saturated rings. The Labute approximate surface area is 122 Å². The maximum absolute atomic E-state index is 12.6. The first kappa shape index (κ1) is 17.0. The summed E-state index contributed by atoms with van der Waals surface area (Å²) in [7, 11) is 3.77. The SMILES string of the molecule is CN(C)CC1CCc2cc(C(F)(F)F)ccc2C1=O.Cl. The first-order chi connectivity index (χ1) is 8.79. The molecule has 0 bridgehead atoms. The van der Waals surface area contributed by atoms with Gasteiger partial charge in [-0.3, -0.25) is 4.79 Å². The molecule has 0 N–H and O–H groups in total. The summed E-state index contributed by atoms with van der Waals surface area (Å²) in [5.41, 5.74) is 0.297. The van der Waals surface area contributed by atoms with Gasteiger partial charge in [-0.15, -0.1) is 12.4 Å². The van der Waals surface area contributed by atoms with Gasteiger partial charge in [0.15, 0.2) is 5.78 Å². The van der Waals surface area contributed by atoms with Crippen LogP contribution in [0.3, 0.4) is 0 Å². The summed E-state index contributed by atoms with van der Waals surface area (Å²) < 4.78 is 37.8. The highest BCUT2D eigenvalue weighted by molar-refractivity contribution is 6.00.